The maximum absolute atomic E-state index is 10.4. The molecule has 1 saturated heterocycles. The number of nitrogens with zero attached hydrogens (tertiary/aromatic N) is 1. The summed E-state index contributed by atoms with van der Waals surface area (Å²) in [5, 5.41) is 10.4. The summed E-state index contributed by atoms with van der Waals surface area (Å²) in [5.41, 5.74) is 3.51. The molecule has 100 valence electrons. The second-order valence-electron chi connectivity index (χ2n) is 6.08. The second kappa shape index (κ2) is 5.41. The predicted octanol–water partition coefficient (Wildman–Crippen LogP) is 3.07. The van der Waals surface area contributed by atoms with Crippen molar-refractivity contribution in [2.24, 2.45) is 5.92 Å². The number of likely N-dealkylation sites (tertiary alicyclic amines) is 1. The van der Waals surface area contributed by atoms with E-state index in [1.54, 1.807) is 0 Å². The summed E-state index contributed by atoms with van der Waals surface area (Å²) in [4.78, 5) is 2.41. The van der Waals surface area contributed by atoms with Gasteiger partial charge in [-0.05, 0) is 38.7 Å². The molecular formula is C16H25NO. The first-order valence-electron chi connectivity index (χ1n) is 6.96. The van der Waals surface area contributed by atoms with Crippen molar-refractivity contribution in [2.75, 3.05) is 13.1 Å². The van der Waals surface area contributed by atoms with Gasteiger partial charge in [0.25, 0.3) is 0 Å². The van der Waals surface area contributed by atoms with Crippen LogP contribution in [0.15, 0.2) is 18.2 Å². The third-order valence-corrected chi connectivity index (χ3v) is 3.95. The molecule has 2 nitrogen and oxygen atoms in total. The number of aliphatic hydroxyl groups is 1. The third-order valence-electron chi connectivity index (χ3n) is 3.95. The molecule has 1 heterocycles. The van der Waals surface area contributed by atoms with Crippen molar-refractivity contribution in [1.82, 2.24) is 4.90 Å². The Balaban J connectivity index is 2.05. The molecule has 0 saturated carbocycles. The fraction of sp³-hybridized carbons (Fsp3) is 0.625. The van der Waals surface area contributed by atoms with Gasteiger partial charge in [-0.2, -0.15) is 0 Å². The van der Waals surface area contributed by atoms with Crippen LogP contribution in [-0.4, -0.2) is 29.1 Å². The van der Waals surface area contributed by atoms with Gasteiger partial charge in [0, 0.05) is 19.1 Å². The average molecular weight is 247 g/mol. The average Bonchev–Trinajstić information content (AvgIpc) is 2.56. The van der Waals surface area contributed by atoms with Crippen molar-refractivity contribution in [2.45, 2.75) is 46.3 Å². The summed E-state index contributed by atoms with van der Waals surface area (Å²) >= 11 is 0. The smallest absolute Gasteiger partial charge is 0.0917 e. The molecule has 1 aromatic carbocycles. The van der Waals surface area contributed by atoms with Crippen molar-refractivity contribution in [3.8, 4) is 0 Å². The zero-order chi connectivity index (χ0) is 13.3. The molecular weight excluding hydrogens is 222 g/mol. The lowest BCUT2D eigenvalue weighted by atomic mass is 10.0. The van der Waals surface area contributed by atoms with Crippen LogP contribution in [0.4, 0.5) is 0 Å². The van der Waals surface area contributed by atoms with Gasteiger partial charge in [0.2, 0.25) is 0 Å². The van der Waals surface area contributed by atoms with E-state index in [4.69, 9.17) is 0 Å². The maximum atomic E-state index is 10.4. The molecule has 1 N–H and O–H groups in total. The highest BCUT2D eigenvalue weighted by atomic mass is 16.3. The van der Waals surface area contributed by atoms with E-state index < -0.39 is 0 Å². The van der Waals surface area contributed by atoms with Crippen LogP contribution in [0.5, 0.6) is 0 Å². The number of hydrogen-bond donors (Lipinski definition) is 1. The molecule has 0 aliphatic carbocycles. The van der Waals surface area contributed by atoms with Crippen LogP contribution < -0.4 is 0 Å². The van der Waals surface area contributed by atoms with Gasteiger partial charge in [-0.1, -0.05) is 36.2 Å². The van der Waals surface area contributed by atoms with Gasteiger partial charge in [0.15, 0.2) is 0 Å². The van der Waals surface area contributed by atoms with Gasteiger partial charge < -0.3 is 5.11 Å². The monoisotopic (exact) mass is 247 g/mol. The highest BCUT2D eigenvalue weighted by Crippen LogP contribution is 2.26. The van der Waals surface area contributed by atoms with Crippen molar-refractivity contribution >= 4 is 0 Å². The highest BCUT2D eigenvalue weighted by molar-refractivity contribution is 5.30. The minimum absolute atomic E-state index is 0.364. The molecule has 1 aromatic rings. The Hall–Kier alpha value is -0.860. The van der Waals surface area contributed by atoms with Crippen LogP contribution in [0.25, 0.3) is 0 Å². The summed E-state index contributed by atoms with van der Waals surface area (Å²) in [6.45, 7) is 10.6. The van der Waals surface area contributed by atoms with Crippen LogP contribution in [0.1, 0.15) is 43.1 Å². The SMILES string of the molecule is Cc1cc(C)cc(C(O)CN2CC(C)CC2C)c1. The molecule has 1 fully saturated rings. The zero-order valence-electron chi connectivity index (χ0n) is 12.0. The first-order chi connectivity index (χ1) is 8.45. The molecule has 0 radical (unpaired) electrons. The summed E-state index contributed by atoms with van der Waals surface area (Å²) < 4.78 is 0. The van der Waals surface area contributed by atoms with E-state index in [2.05, 4.69) is 50.8 Å². The fourth-order valence-corrected chi connectivity index (χ4v) is 3.17. The number of rotatable bonds is 3. The van der Waals surface area contributed by atoms with Gasteiger partial charge in [0.05, 0.1) is 6.10 Å². The Labute approximate surface area is 111 Å². The van der Waals surface area contributed by atoms with Crippen molar-refractivity contribution < 1.29 is 5.11 Å². The van der Waals surface area contributed by atoms with Crippen LogP contribution in [0, 0.1) is 19.8 Å². The van der Waals surface area contributed by atoms with Crippen LogP contribution >= 0.6 is 0 Å². The first kappa shape index (κ1) is 13.6. The predicted molar refractivity (Wildman–Crippen MR) is 75.7 cm³/mol. The lowest BCUT2D eigenvalue weighted by molar-refractivity contribution is 0.109. The Morgan fingerprint density at radius 1 is 1.22 bits per heavy atom. The minimum atomic E-state index is -0.364. The van der Waals surface area contributed by atoms with Crippen LogP contribution in [-0.2, 0) is 0 Å². The summed E-state index contributed by atoms with van der Waals surface area (Å²) in [7, 11) is 0. The standard InChI is InChI=1S/C16H25NO/c1-11-5-12(2)8-15(7-11)16(18)10-17-9-13(3)6-14(17)4/h5,7-8,13-14,16,18H,6,9-10H2,1-4H3. The minimum Gasteiger partial charge on any atom is -0.387 e. The maximum Gasteiger partial charge on any atom is 0.0917 e. The molecule has 2 rings (SSSR count). The van der Waals surface area contributed by atoms with E-state index in [0.717, 1.165) is 24.6 Å². The fourth-order valence-electron chi connectivity index (χ4n) is 3.17. The second-order valence-corrected chi connectivity index (χ2v) is 6.08. The number of aliphatic hydroxyl groups excluding tert-OH is 1. The largest absolute Gasteiger partial charge is 0.387 e. The molecule has 0 aromatic heterocycles. The van der Waals surface area contributed by atoms with Crippen molar-refractivity contribution in [3.63, 3.8) is 0 Å². The molecule has 3 atom stereocenters. The lowest BCUT2D eigenvalue weighted by Gasteiger charge is -2.24. The van der Waals surface area contributed by atoms with E-state index in [9.17, 15) is 5.11 Å². The third kappa shape index (κ3) is 3.12. The van der Waals surface area contributed by atoms with Gasteiger partial charge >= 0.3 is 0 Å². The molecule has 0 amide bonds. The Morgan fingerprint density at radius 2 is 1.83 bits per heavy atom. The van der Waals surface area contributed by atoms with E-state index in [0.29, 0.717) is 6.04 Å². The summed E-state index contributed by atoms with van der Waals surface area (Å²) in [5.74, 6) is 0.756. The number of benzene rings is 1. The molecule has 1 aliphatic heterocycles. The molecule has 18 heavy (non-hydrogen) atoms. The van der Waals surface area contributed by atoms with Crippen LogP contribution in [0.2, 0.25) is 0 Å². The zero-order valence-corrected chi connectivity index (χ0v) is 12.0. The summed E-state index contributed by atoms with van der Waals surface area (Å²) in [6.07, 6.45) is 0.885. The normalized spacial score (nSPS) is 26.5. The van der Waals surface area contributed by atoms with Crippen molar-refractivity contribution in [1.29, 1.82) is 0 Å². The lowest BCUT2D eigenvalue weighted by Crippen LogP contribution is -2.31. The summed E-state index contributed by atoms with van der Waals surface area (Å²) in [6, 6.07) is 6.95. The van der Waals surface area contributed by atoms with E-state index >= 15 is 0 Å². The topological polar surface area (TPSA) is 23.5 Å². The number of aryl methyl sites for hydroxylation is 2. The number of hydrogen-bond acceptors (Lipinski definition) is 2. The highest BCUT2D eigenvalue weighted by Gasteiger charge is 2.27. The first-order valence-corrected chi connectivity index (χ1v) is 6.96. The van der Waals surface area contributed by atoms with Gasteiger partial charge in [-0.3, -0.25) is 4.90 Å². The Morgan fingerprint density at radius 3 is 2.33 bits per heavy atom. The van der Waals surface area contributed by atoms with Gasteiger partial charge in [-0.15, -0.1) is 0 Å². The number of β-amino-alcohol motifs (C(OH)–C–C–N with tert-alkyl or cyclic N) is 1. The quantitative estimate of drug-likeness (QED) is 0.887. The Bertz CT molecular complexity index is 395. The molecule has 1 aliphatic rings. The van der Waals surface area contributed by atoms with E-state index in [1.807, 2.05) is 0 Å². The van der Waals surface area contributed by atoms with E-state index in [1.165, 1.54) is 17.5 Å². The van der Waals surface area contributed by atoms with E-state index in [-0.39, 0.29) is 6.10 Å². The molecule has 2 heteroatoms. The van der Waals surface area contributed by atoms with Gasteiger partial charge in [-0.25, -0.2) is 0 Å². The Kier molecular flexibility index (Phi) is 4.08. The molecule has 0 spiro atoms. The van der Waals surface area contributed by atoms with Gasteiger partial charge in [0.1, 0.15) is 0 Å². The molecule has 0 bridgehead atoms. The van der Waals surface area contributed by atoms with Crippen LogP contribution in [0.3, 0.4) is 0 Å². The molecule has 3 unspecified atom stereocenters. The van der Waals surface area contributed by atoms with Crippen molar-refractivity contribution in [3.05, 3.63) is 34.9 Å².